The molecular formula is C17H27N7O11S2. The van der Waals surface area contributed by atoms with E-state index in [9.17, 15) is 32.4 Å². The topological polar surface area (TPSA) is 266 Å². The number of hydrogen-bond donors (Lipinski definition) is 5. The van der Waals surface area contributed by atoms with Crippen molar-refractivity contribution in [1.29, 1.82) is 0 Å². The predicted octanol–water partition coefficient (Wildman–Crippen LogP) is -4.20. The lowest BCUT2D eigenvalue weighted by Gasteiger charge is -2.27. The molecule has 0 fully saturated rings. The third-order valence-corrected chi connectivity index (χ3v) is 6.72. The predicted molar refractivity (Wildman–Crippen MR) is 123 cm³/mol. The van der Waals surface area contributed by atoms with E-state index in [1.807, 2.05) is 0 Å². The van der Waals surface area contributed by atoms with Crippen LogP contribution in [0.4, 0.5) is 0 Å². The summed E-state index contributed by atoms with van der Waals surface area (Å²) in [5, 5.41) is 44.7. The molecule has 0 aliphatic heterocycles. The first-order valence-electron chi connectivity index (χ1n) is 10.3. The highest BCUT2D eigenvalue weighted by Crippen LogP contribution is 2.04. The molecule has 0 aliphatic carbocycles. The molecule has 1 aromatic heterocycles. The van der Waals surface area contributed by atoms with Gasteiger partial charge in [-0.2, -0.15) is 4.99 Å². The van der Waals surface area contributed by atoms with E-state index in [-0.39, 0.29) is 31.0 Å². The summed E-state index contributed by atoms with van der Waals surface area (Å²) in [5.41, 5.74) is 0. The van der Waals surface area contributed by atoms with Crippen LogP contribution in [-0.2, 0) is 41.0 Å². The van der Waals surface area contributed by atoms with Gasteiger partial charge in [-0.1, -0.05) is 11.3 Å². The van der Waals surface area contributed by atoms with Crippen molar-refractivity contribution in [2.75, 3.05) is 58.9 Å². The lowest BCUT2D eigenvalue weighted by Crippen LogP contribution is -2.45. The van der Waals surface area contributed by atoms with Gasteiger partial charge in [-0.25, -0.2) is 18.2 Å². The Hall–Kier alpha value is -3.30. The van der Waals surface area contributed by atoms with Gasteiger partial charge in [0.1, 0.15) is 0 Å². The van der Waals surface area contributed by atoms with Gasteiger partial charge in [-0.15, -0.1) is 5.10 Å². The van der Waals surface area contributed by atoms with Crippen LogP contribution in [0.1, 0.15) is 0 Å². The summed E-state index contributed by atoms with van der Waals surface area (Å²) in [4.78, 5) is 64.1. The van der Waals surface area contributed by atoms with Crippen LogP contribution in [0.5, 0.6) is 0 Å². The van der Waals surface area contributed by atoms with Crippen LogP contribution >= 0.6 is 11.3 Å². The smallest absolute Gasteiger partial charge is 0.317 e. The fourth-order valence-corrected chi connectivity index (χ4v) is 4.47. The van der Waals surface area contributed by atoms with Gasteiger partial charge in [0.05, 0.1) is 32.7 Å². The Labute approximate surface area is 213 Å². The second kappa shape index (κ2) is 14.4. The van der Waals surface area contributed by atoms with E-state index in [0.29, 0.717) is 11.3 Å². The number of carbonyl (C=O) groups excluding carboxylic acids is 1. The second-order valence-corrected chi connectivity index (χ2v) is 10.3. The number of amides is 1. The maximum absolute atomic E-state index is 12.6. The van der Waals surface area contributed by atoms with E-state index in [0.717, 1.165) is 14.5 Å². The quantitative estimate of drug-likeness (QED) is 0.119. The molecule has 208 valence electrons. The van der Waals surface area contributed by atoms with Crippen LogP contribution in [0.2, 0.25) is 0 Å². The SMILES string of the molecule is Cn1nc(S(N)(=O)=O)sc1=NC(=O)CN(CCN(CC(=O)O)CC(=O)O)CCN(CC(=O)O)CC(=O)O. The van der Waals surface area contributed by atoms with Gasteiger partial charge in [-0.3, -0.25) is 38.7 Å². The first-order valence-corrected chi connectivity index (χ1v) is 12.6. The van der Waals surface area contributed by atoms with Crippen molar-refractivity contribution in [1.82, 2.24) is 24.5 Å². The molecule has 0 saturated heterocycles. The Morgan fingerprint density at radius 3 is 1.51 bits per heavy atom. The molecule has 0 unspecified atom stereocenters. The molecule has 0 spiro atoms. The number of carbonyl (C=O) groups is 5. The standard InChI is InChI=1S/C17H27N7O11S2/c1-21-16(36-17(20-21)37(18,34)35)19-11(25)6-22(2-4-23(7-12(26)27)8-13(28)29)3-5-24(9-14(30)31)10-15(32)33/h2-10H2,1H3,(H,26,27)(H,28,29)(H,30,31)(H,32,33)(H2,18,34,35). The molecule has 0 atom stereocenters. The number of aromatic nitrogens is 2. The molecule has 18 nitrogen and oxygen atoms in total. The number of carboxylic acids is 4. The molecule has 1 rings (SSSR count). The number of aliphatic carboxylic acids is 4. The minimum absolute atomic E-state index is 0.0625. The normalized spacial score (nSPS) is 12.4. The minimum atomic E-state index is -4.14. The van der Waals surface area contributed by atoms with Gasteiger partial charge in [0, 0.05) is 33.2 Å². The van der Waals surface area contributed by atoms with Gasteiger partial charge in [0.15, 0.2) is 0 Å². The Bertz CT molecular complexity index is 1110. The average Bonchev–Trinajstić information content (AvgIpc) is 3.08. The fraction of sp³-hybridized carbons (Fsp3) is 0.588. The highest BCUT2D eigenvalue weighted by Gasteiger charge is 2.20. The van der Waals surface area contributed by atoms with Gasteiger partial charge in [0.25, 0.3) is 15.9 Å². The summed E-state index contributed by atoms with van der Waals surface area (Å²) in [6.45, 7) is -3.19. The third kappa shape index (κ3) is 13.0. The molecule has 37 heavy (non-hydrogen) atoms. The zero-order valence-electron chi connectivity index (χ0n) is 19.6. The molecule has 1 aromatic rings. The number of rotatable bonds is 17. The Balaban J connectivity index is 3.10. The van der Waals surface area contributed by atoms with Crippen LogP contribution < -0.4 is 9.94 Å². The van der Waals surface area contributed by atoms with E-state index in [2.05, 4.69) is 10.1 Å². The largest absolute Gasteiger partial charge is 0.480 e. The van der Waals surface area contributed by atoms with Gasteiger partial charge < -0.3 is 20.4 Å². The minimum Gasteiger partial charge on any atom is -0.480 e. The molecule has 0 bridgehead atoms. The molecular weight excluding hydrogens is 542 g/mol. The van der Waals surface area contributed by atoms with Crippen LogP contribution in [0.15, 0.2) is 9.33 Å². The number of primary sulfonamides is 1. The van der Waals surface area contributed by atoms with Crippen molar-refractivity contribution in [3.8, 4) is 0 Å². The first-order chi connectivity index (χ1) is 17.1. The van der Waals surface area contributed by atoms with Crippen LogP contribution in [0.3, 0.4) is 0 Å². The number of nitrogens with zero attached hydrogens (tertiary/aromatic N) is 6. The highest BCUT2D eigenvalue weighted by molar-refractivity contribution is 7.91. The monoisotopic (exact) mass is 569 g/mol. The van der Waals surface area contributed by atoms with Crippen LogP contribution in [0.25, 0.3) is 0 Å². The third-order valence-electron chi connectivity index (χ3n) is 4.41. The summed E-state index contributed by atoms with van der Waals surface area (Å²) in [6.07, 6.45) is 0. The summed E-state index contributed by atoms with van der Waals surface area (Å²) in [6, 6.07) is 0. The van der Waals surface area contributed by atoms with E-state index in [1.165, 1.54) is 11.9 Å². The Morgan fingerprint density at radius 2 is 1.19 bits per heavy atom. The van der Waals surface area contributed by atoms with Crippen LogP contribution in [0, 0.1) is 0 Å². The van der Waals surface area contributed by atoms with Gasteiger partial charge in [0.2, 0.25) is 9.14 Å². The first kappa shape index (κ1) is 31.7. The molecule has 1 amide bonds. The number of sulfonamides is 1. The Morgan fingerprint density at radius 1 is 0.811 bits per heavy atom. The number of carboxylic acid groups (broad SMARTS) is 4. The second-order valence-electron chi connectivity index (χ2n) is 7.60. The van der Waals surface area contributed by atoms with E-state index in [1.54, 1.807) is 0 Å². The summed E-state index contributed by atoms with van der Waals surface area (Å²) in [5.74, 6) is -5.91. The van der Waals surface area contributed by atoms with Crippen molar-refractivity contribution < 1.29 is 52.8 Å². The Kier molecular flexibility index (Phi) is 12.4. The van der Waals surface area contributed by atoms with E-state index >= 15 is 0 Å². The van der Waals surface area contributed by atoms with Crippen LogP contribution in [-0.4, -0.2) is 142 Å². The summed E-state index contributed by atoms with van der Waals surface area (Å²) in [7, 11) is -2.80. The zero-order chi connectivity index (χ0) is 28.3. The molecule has 1 heterocycles. The summed E-state index contributed by atoms with van der Waals surface area (Å²) >= 11 is 0.541. The van der Waals surface area contributed by atoms with E-state index in [4.69, 9.17) is 25.6 Å². The maximum Gasteiger partial charge on any atom is 0.317 e. The van der Waals surface area contributed by atoms with Crippen molar-refractivity contribution in [2.45, 2.75) is 4.34 Å². The highest BCUT2D eigenvalue weighted by atomic mass is 32.2. The van der Waals surface area contributed by atoms with Crippen molar-refractivity contribution >= 4 is 51.1 Å². The molecule has 0 aromatic carbocycles. The molecule has 6 N–H and O–H groups in total. The molecule has 0 saturated carbocycles. The van der Waals surface area contributed by atoms with Gasteiger partial charge >= 0.3 is 23.9 Å². The number of aryl methyl sites for hydroxylation is 1. The summed E-state index contributed by atoms with van der Waals surface area (Å²) < 4.78 is 23.5. The number of nitrogens with two attached hydrogens (primary N) is 1. The maximum atomic E-state index is 12.6. The van der Waals surface area contributed by atoms with Crippen molar-refractivity contribution in [3.63, 3.8) is 0 Å². The fourth-order valence-electron chi connectivity index (χ4n) is 2.90. The lowest BCUT2D eigenvalue weighted by molar-refractivity contribution is -0.143. The zero-order valence-corrected chi connectivity index (χ0v) is 21.2. The van der Waals surface area contributed by atoms with Gasteiger partial charge in [-0.05, 0) is 0 Å². The molecule has 0 radical (unpaired) electrons. The van der Waals surface area contributed by atoms with Crippen molar-refractivity contribution in [2.24, 2.45) is 17.2 Å². The lowest BCUT2D eigenvalue weighted by atomic mass is 10.3. The van der Waals surface area contributed by atoms with Crippen molar-refractivity contribution in [3.05, 3.63) is 4.80 Å². The molecule has 20 heteroatoms. The molecule has 0 aliphatic rings. The average molecular weight is 570 g/mol. The van der Waals surface area contributed by atoms with E-state index < -0.39 is 76.9 Å². The number of hydrogen-bond acceptors (Lipinski definition) is 12.